The first kappa shape index (κ1) is 25.1. The summed E-state index contributed by atoms with van der Waals surface area (Å²) >= 11 is 0. The minimum absolute atomic E-state index is 0. The van der Waals surface area contributed by atoms with Gasteiger partial charge in [-0.25, -0.2) is 4.79 Å². The Morgan fingerprint density at radius 2 is 1.51 bits per heavy atom. The van der Waals surface area contributed by atoms with Gasteiger partial charge in [0.05, 0.1) is 26.7 Å². The van der Waals surface area contributed by atoms with Crippen LogP contribution < -0.4 is 22.0 Å². The lowest BCUT2D eigenvalue weighted by Crippen LogP contribution is -3.00. The van der Waals surface area contributed by atoms with Crippen molar-refractivity contribution in [2.75, 3.05) is 31.6 Å². The van der Waals surface area contributed by atoms with Gasteiger partial charge in [-0.3, -0.25) is 4.90 Å². The van der Waals surface area contributed by atoms with Gasteiger partial charge in [0.1, 0.15) is 18.8 Å². The molecule has 0 N–H and O–H groups in total. The number of amides is 1. The molecule has 6 rings (SSSR count). The van der Waals surface area contributed by atoms with Crippen LogP contribution in [0.5, 0.6) is 5.75 Å². The lowest BCUT2D eigenvalue weighted by Gasteiger charge is -2.52. The highest BCUT2D eigenvalue weighted by atomic mass is 35.5. The summed E-state index contributed by atoms with van der Waals surface area (Å²) in [6.07, 6.45) is 1.92. The Morgan fingerprint density at radius 3 is 2.14 bits per heavy atom. The van der Waals surface area contributed by atoms with Crippen molar-refractivity contribution < 1.29 is 31.2 Å². The van der Waals surface area contributed by atoms with E-state index in [9.17, 15) is 4.79 Å². The molecule has 0 aromatic heterocycles. The molecule has 3 heterocycles. The number of quaternary nitrogens is 1. The second kappa shape index (κ2) is 11.1. The number of hydrogen-bond acceptors (Lipinski definition) is 3. The van der Waals surface area contributed by atoms with E-state index in [1.54, 1.807) is 12.0 Å². The molecule has 5 nitrogen and oxygen atoms in total. The molecular weight excluding hydrogens is 460 g/mol. The van der Waals surface area contributed by atoms with E-state index in [0.29, 0.717) is 12.5 Å². The number of para-hydroxylation sites is 1. The number of hydrogen-bond donors (Lipinski definition) is 0. The fourth-order valence-electron chi connectivity index (χ4n) is 5.52. The lowest BCUT2D eigenvalue weighted by molar-refractivity contribution is -0.958. The van der Waals surface area contributed by atoms with Crippen LogP contribution >= 0.6 is 0 Å². The predicted octanol–water partition coefficient (Wildman–Crippen LogP) is 2.65. The van der Waals surface area contributed by atoms with E-state index < -0.39 is 0 Å². The normalized spacial score (nSPS) is 22.7. The molecule has 3 aromatic rings. The van der Waals surface area contributed by atoms with E-state index >= 15 is 0 Å². The van der Waals surface area contributed by atoms with Crippen molar-refractivity contribution in [1.82, 2.24) is 0 Å². The van der Waals surface area contributed by atoms with Crippen molar-refractivity contribution in [2.45, 2.75) is 32.0 Å². The Hall–Kier alpha value is -3.02. The Labute approximate surface area is 214 Å². The molecule has 2 bridgehead atoms. The molecule has 0 unspecified atom stereocenters. The summed E-state index contributed by atoms with van der Waals surface area (Å²) in [6, 6.07) is 28.3. The van der Waals surface area contributed by atoms with E-state index in [0.717, 1.165) is 60.5 Å². The summed E-state index contributed by atoms with van der Waals surface area (Å²) in [4.78, 5) is 15.3. The van der Waals surface area contributed by atoms with Gasteiger partial charge in [0.2, 0.25) is 0 Å². The summed E-state index contributed by atoms with van der Waals surface area (Å²) in [7, 11) is 1.70. The number of ether oxygens (including phenoxy) is 2. The smallest absolute Gasteiger partial charge is 0.415 e. The number of nitrogens with zero attached hydrogens (tertiary/aromatic N) is 2. The number of anilines is 1. The zero-order valence-corrected chi connectivity index (χ0v) is 20.9. The monoisotopic (exact) mass is 492 g/mol. The van der Waals surface area contributed by atoms with Gasteiger partial charge in [0, 0.05) is 30.0 Å². The summed E-state index contributed by atoms with van der Waals surface area (Å²) in [6.45, 7) is 4.65. The maximum Gasteiger partial charge on any atom is 0.415 e. The highest BCUT2D eigenvalue weighted by molar-refractivity contribution is 5.87. The zero-order valence-electron chi connectivity index (χ0n) is 20.2. The quantitative estimate of drug-likeness (QED) is 0.476. The maximum absolute atomic E-state index is 13.5. The number of benzene rings is 3. The fraction of sp³-hybridized carbons (Fsp3) is 0.345. The first-order valence-electron chi connectivity index (χ1n) is 12.2. The zero-order chi connectivity index (χ0) is 23.4. The molecule has 1 amide bonds. The Morgan fingerprint density at radius 1 is 0.886 bits per heavy atom. The van der Waals surface area contributed by atoms with Crippen LogP contribution in [0.15, 0.2) is 84.9 Å². The average molecular weight is 493 g/mol. The van der Waals surface area contributed by atoms with Gasteiger partial charge in [0.25, 0.3) is 0 Å². The fourth-order valence-corrected chi connectivity index (χ4v) is 5.52. The summed E-state index contributed by atoms with van der Waals surface area (Å²) in [5, 5.41) is 0. The minimum Gasteiger partial charge on any atom is -1.00 e. The van der Waals surface area contributed by atoms with E-state index in [-0.39, 0.29) is 24.6 Å². The highest BCUT2D eigenvalue weighted by Crippen LogP contribution is 2.37. The summed E-state index contributed by atoms with van der Waals surface area (Å²) in [5.74, 6) is 1.33. The van der Waals surface area contributed by atoms with Crippen molar-refractivity contribution in [2.24, 2.45) is 5.92 Å². The number of piperidine rings is 3. The minimum atomic E-state index is -0.253. The van der Waals surface area contributed by atoms with Crippen molar-refractivity contribution in [1.29, 1.82) is 0 Å². The van der Waals surface area contributed by atoms with Crippen molar-refractivity contribution >= 4 is 11.8 Å². The van der Waals surface area contributed by atoms with Crippen molar-refractivity contribution in [3.63, 3.8) is 0 Å². The van der Waals surface area contributed by atoms with Gasteiger partial charge in [-0.1, -0.05) is 48.5 Å². The van der Waals surface area contributed by atoms with Gasteiger partial charge in [-0.15, -0.1) is 0 Å². The molecule has 3 aliphatic rings. The molecule has 0 radical (unpaired) electrons. The summed E-state index contributed by atoms with van der Waals surface area (Å²) in [5.41, 5.74) is 3.25. The van der Waals surface area contributed by atoms with Gasteiger partial charge in [-0.2, -0.15) is 0 Å². The molecule has 1 atom stereocenters. The molecule has 35 heavy (non-hydrogen) atoms. The first-order chi connectivity index (χ1) is 16.6. The van der Waals surface area contributed by atoms with E-state index in [1.807, 2.05) is 72.8 Å². The molecule has 0 saturated carbocycles. The summed E-state index contributed by atoms with van der Waals surface area (Å²) < 4.78 is 12.6. The third kappa shape index (κ3) is 5.80. The van der Waals surface area contributed by atoms with E-state index in [1.165, 1.54) is 5.56 Å². The Balaban J connectivity index is 0.00000289. The molecule has 184 valence electrons. The molecule has 0 spiro atoms. The van der Waals surface area contributed by atoms with Crippen LogP contribution in [0.3, 0.4) is 0 Å². The van der Waals surface area contributed by atoms with E-state index in [2.05, 4.69) is 12.1 Å². The van der Waals surface area contributed by atoms with Crippen LogP contribution in [0.1, 0.15) is 24.0 Å². The number of fused-ring (bicyclic) bond motifs is 3. The third-order valence-corrected chi connectivity index (χ3v) is 7.44. The number of carbonyl (C=O) groups excluding carboxylic acids is 1. The Kier molecular flexibility index (Phi) is 7.99. The molecule has 3 fully saturated rings. The predicted molar refractivity (Wildman–Crippen MR) is 134 cm³/mol. The molecule has 6 heteroatoms. The van der Waals surface area contributed by atoms with Crippen molar-refractivity contribution in [3.8, 4) is 5.75 Å². The highest BCUT2D eigenvalue weighted by Gasteiger charge is 2.48. The second-order valence-electron chi connectivity index (χ2n) is 9.64. The largest absolute Gasteiger partial charge is 1.00 e. The number of rotatable bonds is 7. The topological polar surface area (TPSA) is 38.8 Å². The molecule has 3 aliphatic heterocycles. The van der Waals surface area contributed by atoms with Crippen LogP contribution in [-0.4, -0.2) is 43.4 Å². The van der Waals surface area contributed by atoms with Crippen LogP contribution in [0.2, 0.25) is 0 Å². The number of carbonyl (C=O) groups is 1. The van der Waals surface area contributed by atoms with Crippen molar-refractivity contribution in [3.05, 3.63) is 96.1 Å². The average Bonchev–Trinajstić information content (AvgIpc) is 2.89. The van der Waals surface area contributed by atoms with Crippen LogP contribution in [0, 0.1) is 5.92 Å². The lowest BCUT2D eigenvalue weighted by atomic mass is 9.83. The van der Waals surface area contributed by atoms with E-state index in [4.69, 9.17) is 9.47 Å². The maximum atomic E-state index is 13.5. The Bertz CT molecular complexity index is 1080. The number of halogens is 1. The SMILES string of the molecule is COc1ccc(C[N+]23CCC(CC2)[C@@H](OC(=O)N(Cc2ccccc2)c2ccccc2)C3)cc1.[Cl-]. The van der Waals surface area contributed by atoms with Gasteiger partial charge in [-0.05, 0) is 42.0 Å². The van der Waals surface area contributed by atoms with Gasteiger partial charge >= 0.3 is 6.09 Å². The third-order valence-electron chi connectivity index (χ3n) is 7.44. The molecule has 3 aromatic carbocycles. The van der Waals surface area contributed by atoms with Crippen LogP contribution in [0.25, 0.3) is 0 Å². The van der Waals surface area contributed by atoms with Crippen LogP contribution in [-0.2, 0) is 17.8 Å². The first-order valence-corrected chi connectivity index (χ1v) is 12.2. The molecular formula is C29H33ClN2O3. The molecule has 0 aliphatic carbocycles. The standard InChI is InChI=1S/C29H33N2O3.ClH/c1-33-27-14-12-24(13-15-27)21-31-18-16-25(17-19-31)28(22-31)34-29(32)30(26-10-6-3-7-11-26)20-23-8-4-2-5-9-23;/h2-15,25,28H,16-22H2,1H3;1H/q+1;/p-1/t25?,28-,31?;/m0./s1. The number of methoxy groups -OCH3 is 1. The van der Waals surface area contributed by atoms with Gasteiger partial charge < -0.3 is 26.4 Å². The van der Waals surface area contributed by atoms with Gasteiger partial charge in [0.15, 0.2) is 6.10 Å². The second-order valence-corrected chi connectivity index (χ2v) is 9.64. The van der Waals surface area contributed by atoms with Crippen LogP contribution in [0.4, 0.5) is 10.5 Å². The molecule has 3 saturated heterocycles.